The number of hydrogen-bond donors (Lipinski definition) is 1. The number of nitrogens with zero attached hydrogens (tertiary/aromatic N) is 1. The van der Waals surface area contributed by atoms with E-state index in [2.05, 4.69) is 18.0 Å². The Morgan fingerprint density at radius 2 is 2.27 bits per heavy atom. The molecule has 0 aromatic carbocycles. The number of hydrogen-bond acceptors (Lipinski definition) is 4. The number of ether oxygens (including phenoxy) is 1. The van der Waals surface area contributed by atoms with Crippen molar-refractivity contribution in [3.05, 3.63) is 21.3 Å². The average molecular weight is 249 g/mol. The fraction of sp³-hybridized carbons (Fsp3) is 0.600. The van der Waals surface area contributed by atoms with Crippen molar-refractivity contribution in [2.45, 2.75) is 6.54 Å². The fourth-order valence-corrected chi connectivity index (χ4v) is 2.36. The minimum Gasteiger partial charge on any atom is -0.379 e. The minimum absolute atomic E-state index is 0.588. The van der Waals surface area contributed by atoms with Crippen molar-refractivity contribution in [1.29, 1.82) is 0 Å². The van der Waals surface area contributed by atoms with Crippen LogP contribution in [0.25, 0.3) is 0 Å². The highest BCUT2D eigenvalue weighted by Gasteiger charge is 2.02. The van der Waals surface area contributed by atoms with Crippen LogP contribution >= 0.6 is 22.9 Å². The Kier molecular flexibility index (Phi) is 6.20. The van der Waals surface area contributed by atoms with Crippen molar-refractivity contribution in [1.82, 2.24) is 4.90 Å². The summed E-state index contributed by atoms with van der Waals surface area (Å²) >= 11 is 7.47. The molecule has 0 aliphatic rings. The van der Waals surface area contributed by atoms with Crippen molar-refractivity contribution in [3.8, 4) is 0 Å². The molecule has 1 aromatic heterocycles. The highest BCUT2D eigenvalue weighted by molar-refractivity contribution is 7.16. The topological polar surface area (TPSA) is 38.5 Å². The van der Waals surface area contributed by atoms with Crippen molar-refractivity contribution in [2.24, 2.45) is 5.73 Å². The van der Waals surface area contributed by atoms with Gasteiger partial charge in [-0.15, -0.1) is 11.3 Å². The van der Waals surface area contributed by atoms with E-state index in [9.17, 15) is 0 Å². The third-order valence-corrected chi connectivity index (χ3v) is 3.15. The molecule has 0 fully saturated rings. The van der Waals surface area contributed by atoms with Crippen molar-refractivity contribution in [3.63, 3.8) is 0 Å². The van der Waals surface area contributed by atoms with Gasteiger partial charge >= 0.3 is 0 Å². The second-order valence-electron chi connectivity index (χ2n) is 3.34. The van der Waals surface area contributed by atoms with E-state index in [1.54, 1.807) is 11.3 Å². The second-order valence-corrected chi connectivity index (χ2v) is 5.14. The van der Waals surface area contributed by atoms with Crippen LogP contribution in [0.1, 0.15) is 4.88 Å². The first-order chi connectivity index (χ1) is 7.22. The third-order valence-electron chi connectivity index (χ3n) is 1.93. The summed E-state index contributed by atoms with van der Waals surface area (Å²) in [5, 5.41) is 0. The Hall–Kier alpha value is -0.130. The van der Waals surface area contributed by atoms with Gasteiger partial charge in [0.25, 0.3) is 0 Å². The van der Waals surface area contributed by atoms with E-state index in [1.165, 1.54) is 4.88 Å². The Balaban J connectivity index is 2.15. The molecule has 0 radical (unpaired) electrons. The molecule has 1 rings (SSSR count). The number of nitrogens with two attached hydrogens (primary N) is 1. The van der Waals surface area contributed by atoms with Crippen LogP contribution in [-0.4, -0.2) is 38.3 Å². The van der Waals surface area contributed by atoms with Gasteiger partial charge in [0.15, 0.2) is 0 Å². The van der Waals surface area contributed by atoms with E-state index in [4.69, 9.17) is 22.1 Å². The lowest BCUT2D eigenvalue weighted by atomic mass is 10.4. The first-order valence-electron chi connectivity index (χ1n) is 4.93. The number of halogens is 1. The van der Waals surface area contributed by atoms with Gasteiger partial charge in [-0.25, -0.2) is 0 Å². The van der Waals surface area contributed by atoms with Crippen LogP contribution in [0.5, 0.6) is 0 Å². The van der Waals surface area contributed by atoms with Crippen LogP contribution in [0.2, 0.25) is 4.34 Å². The Morgan fingerprint density at radius 1 is 1.47 bits per heavy atom. The molecule has 0 aliphatic heterocycles. The summed E-state index contributed by atoms with van der Waals surface area (Å²) in [5.74, 6) is 0. The number of likely N-dealkylation sites (N-methyl/N-ethyl adjacent to an activating group) is 1. The molecule has 0 amide bonds. The highest BCUT2D eigenvalue weighted by Crippen LogP contribution is 2.22. The molecule has 2 N–H and O–H groups in total. The van der Waals surface area contributed by atoms with Gasteiger partial charge in [-0.2, -0.15) is 0 Å². The standard InChI is InChI=1S/C10H17ClN2OS/c1-13(5-7-14-6-4-12)8-9-2-3-10(11)15-9/h2-3H,4-8,12H2,1H3. The van der Waals surface area contributed by atoms with Gasteiger partial charge in [-0.3, -0.25) is 4.90 Å². The van der Waals surface area contributed by atoms with Crippen LogP contribution in [0.15, 0.2) is 12.1 Å². The molecule has 0 aliphatic carbocycles. The van der Waals surface area contributed by atoms with Gasteiger partial charge in [-0.1, -0.05) is 11.6 Å². The Labute approximate surface area is 99.8 Å². The molecule has 0 spiro atoms. The Morgan fingerprint density at radius 3 is 2.87 bits per heavy atom. The van der Waals surface area contributed by atoms with E-state index in [-0.39, 0.29) is 0 Å². The molecule has 86 valence electrons. The molecule has 3 nitrogen and oxygen atoms in total. The molecule has 0 bridgehead atoms. The SMILES string of the molecule is CN(CCOCCN)Cc1ccc(Cl)s1. The summed E-state index contributed by atoms with van der Waals surface area (Å²) in [6, 6.07) is 3.99. The lowest BCUT2D eigenvalue weighted by molar-refractivity contribution is 0.116. The summed E-state index contributed by atoms with van der Waals surface area (Å²) in [6.45, 7) is 3.79. The largest absolute Gasteiger partial charge is 0.379 e. The fourth-order valence-electron chi connectivity index (χ4n) is 1.19. The third kappa shape index (κ3) is 5.49. The summed E-state index contributed by atoms with van der Waals surface area (Å²) in [5.41, 5.74) is 5.32. The average Bonchev–Trinajstić information content (AvgIpc) is 2.59. The van der Waals surface area contributed by atoms with E-state index in [0.717, 1.165) is 24.0 Å². The minimum atomic E-state index is 0.588. The Bertz CT molecular complexity index is 280. The van der Waals surface area contributed by atoms with Crippen LogP contribution in [0.3, 0.4) is 0 Å². The predicted molar refractivity (Wildman–Crippen MR) is 65.5 cm³/mol. The predicted octanol–water partition coefficient (Wildman–Crippen LogP) is 1.81. The van der Waals surface area contributed by atoms with Gasteiger partial charge in [-0.05, 0) is 19.2 Å². The first-order valence-corrected chi connectivity index (χ1v) is 6.12. The molecule has 0 atom stereocenters. The highest BCUT2D eigenvalue weighted by atomic mass is 35.5. The van der Waals surface area contributed by atoms with Crippen LogP contribution in [0.4, 0.5) is 0 Å². The summed E-state index contributed by atoms with van der Waals surface area (Å²) in [6.07, 6.45) is 0. The number of thiophene rings is 1. The second kappa shape index (κ2) is 7.19. The summed E-state index contributed by atoms with van der Waals surface area (Å²) in [7, 11) is 2.07. The number of rotatable bonds is 7. The zero-order valence-electron chi connectivity index (χ0n) is 8.91. The van der Waals surface area contributed by atoms with E-state index in [0.29, 0.717) is 13.2 Å². The molecule has 0 unspecified atom stereocenters. The van der Waals surface area contributed by atoms with Gasteiger partial charge in [0.1, 0.15) is 0 Å². The monoisotopic (exact) mass is 248 g/mol. The first kappa shape index (κ1) is 12.9. The van der Waals surface area contributed by atoms with Gasteiger partial charge in [0.2, 0.25) is 0 Å². The summed E-state index contributed by atoms with van der Waals surface area (Å²) < 4.78 is 6.15. The van der Waals surface area contributed by atoms with E-state index >= 15 is 0 Å². The molecule has 0 saturated heterocycles. The zero-order valence-corrected chi connectivity index (χ0v) is 10.5. The van der Waals surface area contributed by atoms with Crippen LogP contribution in [0, 0.1) is 0 Å². The van der Waals surface area contributed by atoms with Gasteiger partial charge in [0, 0.05) is 24.5 Å². The molecule has 1 aromatic rings. The molecule has 0 saturated carbocycles. The van der Waals surface area contributed by atoms with Crippen molar-refractivity contribution >= 4 is 22.9 Å². The van der Waals surface area contributed by atoms with Gasteiger partial charge < -0.3 is 10.5 Å². The zero-order chi connectivity index (χ0) is 11.1. The van der Waals surface area contributed by atoms with Crippen LogP contribution < -0.4 is 5.73 Å². The molecular formula is C10H17ClN2OS. The van der Waals surface area contributed by atoms with E-state index < -0.39 is 0 Å². The normalized spacial score (nSPS) is 11.2. The van der Waals surface area contributed by atoms with Gasteiger partial charge in [0.05, 0.1) is 17.6 Å². The van der Waals surface area contributed by atoms with Crippen molar-refractivity contribution < 1.29 is 4.74 Å². The maximum Gasteiger partial charge on any atom is 0.0931 e. The van der Waals surface area contributed by atoms with Crippen LogP contribution in [-0.2, 0) is 11.3 Å². The molecule has 15 heavy (non-hydrogen) atoms. The maximum atomic E-state index is 5.85. The lowest BCUT2D eigenvalue weighted by Gasteiger charge is -2.15. The van der Waals surface area contributed by atoms with E-state index in [1.807, 2.05) is 6.07 Å². The summed E-state index contributed by atoms with van der Waals surface area (Å²) in [4.78, 5) is 3.49. The quantitative estimate of drug-likeness (QED) is 0.748. The maximum absolute atomic E-state index is 5.85. The molecule has 5 heteroatoms. The van der Waals surface area contributed by atoms with Crippen molar-refractivity contribution in [2.75, 3.05) is 33.4 Å². The molecule has 1 heterocycles. The molecular weight excluding hydrogens is 232 g/mol. The smallest absolute Gasteiger partial charge is 0.0931 e. The lowest BCUT2D eigenvalue weighted by Crippen LogP contribution is -2.23.